The van der Waals surface area contributed by atoms with Crippen LogP contribution in [0.25, 0.3) is 10.9 Å². The van der Waals surface area contributed by atoms with Gasteiger partial charge in [0.25, 0.3) is 0 Å². The third kappa shape index (κ3) is 1.07. The number of carbonyl (C=O) groups is 1. The van der Waals surface area contributed by atoms with Gasteiger partial charge in [0.05, 0.1) is 10.5 Å². The summed E-state index contributed by atoms with van der Waals surface area (Å²) in [5, 5.41) is 1.61. The predicted molar refractivity (Wildman–Crippen MR) is 58.1 cm³/mol. The maximum atomic E-state index is 10.9. The zero-order valence-electron chi connectivity index (χ0n) is 8.04. The summed E-state index contributed by atoms with van der Waals surface area (Å²) in [4.78, 5) is 10.9. The molecule has 0 bridgehead atoms. The molecule has 0 amide bonds. The fraction of sp³-hybridized carbons (Fsp3) is 0.182. The Morgan fingerprint density at radius 3 is 2.79 bits per heavy atom. The third-order valence-electron chi connectivity index (χ3n) is 2.62. The van der Waals surface area contributed by atoms with Crippen LogP contribution in [-0.2, 0) is 7.05 Å². The molecule has 1 aromatic heterocycles. The van der Waals surface area contributed by atoms with Crippen molar-refractivity contribution in [3.63, 3.8) is 0 Å². The number of hydrogen-bond donors (Lipinski definition) is 0. The zero-order chi connectivity index (χ0) is 10.3. The minimum atomic E-state index is 0.682. The number of fused-ring (bicyclic) bond motifs is 1. The number of rotatable bonds is 1. The van der Waals surface area contributed by atoms with Crippen LogP contribution in [0.4, 0.5) is 0 Å². The first-order valence-corrected chi connectivity index (χ1v) is 4.73. The van der Waals surface area contributed by atoms with Crippen molar-refractivity contribution in [1.82, 2.24) is 4.57 Å². The number of carbonyl (C=O) groups excluding carboxylic acids is 1. The molecule has 0 atom stereocenters. The van der Waals surface area contributed by atoms with Gasteiger partial charge in [0.1, 0.15) is 0 Å². The minimum absolute atomic E-state index is 0.682. The molecule has 14 heavy (non-hydrogen) atoms. The maximum Gasteiger partial charge on any atom is 0.152 e. The first-order valence-electron chi connectivity index (χ1n) is 4.35. The summed E-state index contributed by atoms with van der Waals surface area (Å²) in [6.45, 7) is 1.92. The fourth-order valence-corrected chi connectivity index (χ4v) is 2.07. The smallest absolute Gasteiger partial charge is 0.152 e. The van der Waals surface area contributed by atoms with Gasteiger partial charge in [0.15, 0.2) is 6.29 Å². The highest BCUT2D eigenvalue weighted by atomic mass is 35.5. The molecule has 0 saturated carbocycles. The van der Waals surface area contributed by atoms with E-state index in [1.165, 1.54) is 0 Å². The van der Waals surface area contributed by atoms with Crippen LogP contribution in [0.3, 0.4) is 0 Å². The Labute approximate surface area is 87.1 Å². The standard InChI is InChI=1S/C11H10ClNO/c1-7-9(6-14)8-4-3-5-10(12)11(8)13(7)2/h3-6H,1-2H3. The number of halogens is 1. The highest BCUT2D eigenvalue weighted by Gasteiger charge is 2.12. The predicted octanol–water partition coefficient (Wildman–Crippen LogP) is 2.95. The Morgan fingerprint density at radius 1 is 1.43 bits per heavy atom. The summed E-state index contributed by atoms with van der Waals surface area (Å²) in [6, 6.07) is 5.60. The number of nitrogens with zero attached hydrogens (tertiary/aromatic N) is 1. The molecule has 1 heterocycles. The number of aryl methyl sites for hydroxylation is 1. The molecule has 0 unspecified atom stereocenters. The van der Waals surface area contributed by atoms with Crippen LogP contribution in [0.5, 0.6) is 0 Å². The van der Waals surface area contributed by atoms with E-state index in [1.54, 1.807) is 0 Å². The van der Waals surface area contributed by atoms with Gasteiger partial charge < -0.3 is 4.57 Å². The Hall–Kier alpha value is -1.28. The topological polar surface area (TPSA) is 22.0 Å². The van der Waals surface area contributed by atoms with E-state index in [0.717, 1.165) is 28.4 Å². The van der Waals surface area contributed by atoms with Gasteiger partial charge >= 0.3 is 0 Å². The lowest BCUT2D eigenvalue weighted by Gasteiger charge is -1.99. The van der Waals surface area contributed by atoms with E-state index in [2.05, 4.69) is 0 Å². The van der Waals surface area contributed by atoms with Gasteiger partial charge in [-0.05, 0) is 13.0 Å². The molecule has 1 aromatic carbocycles. The van der Waals surface area contributed by atoms with Crippen molar-refractivity contribution >= 4 is 28.8 Å². The minimum Gasteiger partial charge on any atom is -0.346 e. The largest absolute Gasteiger partial charge is 0.346 e. The molecular formula is C11H10ClNO. The van der Waals surface area contributed by atoms with Crippen molar-refractivity contribution in [2.75, 3.05) is 0 Å². The molecule has 0 radical (unpaired) electrons. The molecule has 0 aliphatic rings. The Bertz CT molecular complexity index is 513. The van der Waals surface area contributed by atoms with Crippen molar-refractivity contribution in [3.05, 3.63) is 34.5 Å². The van der Waals surface area contributed by atoms with Crippen LogP contribution in [0.15, 0.2) is 18.2 Å². The zero-order valence-corrected chi connectivity index (χ0v) is 8.80. The average molecular weight is 208 g/mol. The van der Waals surface area contributed by atoms with Crippen molar-refractivity contribution in [2.45, 2.75) is 6.92 Å². The van der Waals surface area contributed by atoms with Crippen molar-refractivity contribution < 1.29 is 4.79 Å². The van der Waals surface area contributed by atoms with Crippen LogP contribution >= 0.6 is 11.6 Å². The van der Waals surface area contributed by atoms with Crippen LogP contribution < -0.4 is 0 Å². The molecule has 0 N–H and O–H groups in total. The van der Waals surface area contributed by atoms with Gasteiger partial charge in [-0.1, -0.05) is 23.7 Å². The van der Waals surface area contributed by atoms with Crippen molar-refractivity contribution in [1.29, 1.82) is 0 Å². The van der Waals surface area contributed by atoms with E-state index in [9.17, 15) is 4.79 Å². The first-order chi connectivity index (χ1) is 6.66. The number of aromatic nitrogens is 1. The summed E-state index contributed by atoms with van der Waals surface area (Å²) in [7, 11) is 1.91. The number of para-hydroxylation sites is 1. The van der Waals surface area contributed by atoms with Gasteiger partial charge in [-0.2, -0.15) is 0 Å². The highest BCUT2D eigenvalue weighted by Crippen LogP contribution is 2.28. The normalized spacial score (nSPS) is 10.8. The molecule has 0 fully saturated rings. The van der Waals surface area contributed by atoms with Crippen LogP contribution in [0.1, 0.15) is 16.1 Å². The third-order valence-corrected chi connectivity index (χ3v) is 2.93. The van der Waals surface area contributed by atoms with E-state index in [0.29, 0.717) is 5.02 Å². The molecule has 0 aliphatic heterocycles. The molecule has 0 spiro atoms. The lowest BCUT2D eigenvalue weighted by molar-refractivity contribution is 0.112. The monoisotopic (exact) mass is 207 g/mol. The van der Waals surface area contributed by atoms with Gasteiger partial charge in [0, 0.05) is 23.7 Å². The van der Waals surface area contributed by atoms with Crippen molar-refractivity contribution in [3.8, 4) is 0 Å². The highest BCUT2D eigenvalue weighted by molar-refractivity contribution is 6.35. The maximum absolute atomic E-state index is 10.9. The second-order valence-electron chi connectivity index (χ2n) is 3.31. The number of hydrogen-bond acceptors (Lipinski definition) is 1. The van der Waals surface area contributed by atoms with Gasteiger partial charge in [0.2, 0.25) is 0 Å². The van der Waals surface area contributed by atoms with Crippen LogP contribution in [0, 0.1) is 6.92 Å². The molecule has 72 valence electrons. The van der Waals surface area contributed by atoms with Crippen molar-refractivity contribution in [2.24, 2.45) is 7.05 Å². The molecule has 3 heteroatoms. The van der Waals surface area contributed by atoms with E-state index in [1.807, 2.05) is 36.7 Å². The average Bonchev–Trinajstić information content (AvgIpc) is 2.41. The molecule has 2 rings (SSSR count). The second-order valence-corrected chi connectivity index (χ2v) is 3.72. The van der Waals surface area contributed by atoms with Gasteiger partial charge in [-0.15, -0.1) is 0 Å². The van der Waals surface area contributed by atoms with Crippen LogP contribution in [0.2, 0.25) is 5.02 Å². The molecule has 0 aliphatic carbocycles. The Balaban J connectivity index is 3.02. The van der Waals surface area contributed by atoms with E-state index in [-0.39, 0.29) is 0 Å². The quantitative estimate of drug-likeness (QED) is 0.659. The number of benzene rings is 1. The fourth-order valence-electron chi connectivity index (χ4n) is 1.77. The van der Waals surface area contributed by atoms with E-state index in [4.69, 9.17) is 11.6 Å². The summed E-state index contributed by atoms with van der Waals surface area (Å²) in [5.41, 5.74) is 2.60. The summed E-state index contributed by atoms with van der Waals surface area (Å²) < 4.78 is 1.95. The Kier molecular flexibility index (Phi) is 2.08. The SMILES string of the molecule is Cc1c(C=O)c2cccc(Cl)c2n1C. The second kappa shape index (κ2) is 3.14. The lowest BCUT2D eigenvalue weighted by Crippen LogP contribution is -1.91. The number of aldehydes is 1. The van der Waals surface area contributed by atoms with Gasteiger partial charge in [-0.25, -0.2) is 0 Å². The van der Waals surface area contributed by atoms with E-state index >= 15 is 0 Å². The molecular weight excluding hydrogens is 198 g/mol. The summed E-state index contributed by atoms with van der Waals surface area (Å²) >= 11 is 6.07. The Morgan fingerprint density at radius 2 is 2.14 bits per heavy atom. The summed E-state index contributed by atoms with van der Waals surface area (Å²) in [5.74, 6) is 0. The lowest BCUT2D eigenvalue weighted by atomic mass is 10.1. The summed E-state index contributed by atoms with van der Waals surface area (Å²) in [6.07, 6.45) is 0.883. The molecule has 2 nitrogen and oxygen atoms in total. The first kappa shape index (κ1) is 9.28. The van der Waals surface area contributed by atoms with Crippen LogP contribution in [-0.4, -0.2) is 10.9 Å². The van der Waals surface area contributed by atoms with E-state index < -0.39 is 0 Å². The van der Waals surface area contributed by atoms with Gasteiger partial charge in [-0.3, -0.25) is 4.79 Å². The molecule has 0 saturated heterocycles. The molecule has 2 aromatic rings.